The van der Waals surface area contributed by atoms with E-state index in [1.54, 1.807) is 25.1 Å². The molecular weight excluding hydrogens is 299 g/mol. The summed E-state index contributed by atoms with van der Waals surface area (Å²) in [5.74, 6) is 0.168. The van der Waals surface area contributed by atoms with Crippen LogP contribution in [0.2, 0.25) is 0 Å². The maximum atomic E-state index is 12.7. The topological polar surface area (TPSA) is 42.2 Å². The molecule has 0 amide bonds. The SMILES string of the molecule is CCN(CC(F)(F)F)c1nc2ccccc2cc1C(N)=S. The van der Waals surface area contributed by atoms with Gasteiger partial charge in [-0.3, -0.25) is 0 Å². The van der Waals surface area contributed by atoms with Crippen molar-refractivity contribution in [2.24, 2.45) is 5.73 Å². The number of hydrogen-bond acceptors (Lipinski definition) is 3. The second-order valence-electron chi connectivity index (χ2n) is 4.55. The Morgan fingerprint density at radius 3 is 2.57 bits per heavy atom. The predicted molar refractivity (Wildman–Crippen MR) is 81.6 cm³/mol. The van der Waals surface area contributed by atoms with Crippen LogP contribution in [-0.4, -0.2) is 29.2 Å². The summed E-state index contributed by atoms with van der Waals surface area (Å²) < 4.78 is 38.1. The third-order valence-electron chi connectivity index (χ3n) is 3.02. The summed E-state index contributed by atoms with van der Waals surface area (Å²) in [5.41, 5.74) is 6.61. The van der Waals surface area contributed by atoms with Crippen LogP contribution in [0, 0.1) is 0 Å². The van der Waals surface area contributed by atoms with E-state index in [0.717, 1.165) is 10.3 Å². The molecular formula is C14H14F3N3S. The second-order valence-corrected chi connectivity index (χ2v) is 4.99. The molecule has 0 saturated heterocycles. The molecule has 1 aromatic carbocycles. The largest absolute Gasteiger partial charge is 0.405 e. The first-order valence-corrected chi connectivity index (χ1v) is 6.74. The van der Waals surface area contributed by atoms with Crippen LogP contribution in [0.4, 0.5) is 19.0 Å². The van der Waals surface area contributed by atoms with Crippen molar-refractivity contribution in [3.63, 3.8) is 0 Å². The smallest absolute Gasteiger partial charge is 0.389 e. The van der Waals surface area contributed by atoms with Crippen molar-refractivity contribution in [3.05, 3.63) is 35.9 Å². The lowest BCUT2D eigenvalue weighted by Gasteiger charge is -2.25. The number of alkyl halides is 3. The summed E-state index contributed by atoms with van der Waals surface area (Å²) in [6, 6.07) is 8.83. The molecule has 0 atom stereocenters. The molecule has 0 aliphatic heterocycles. The lowest BCUT2D eigenvalue weighted by atomic mass is 10.1. The van der Waals surface area contributed by atoms with Gasteiger partial charge in [-0.1, -0.05) is 30.4 Å². The number of nitrogens with zero attached hydrogens (tertiary/aromatic N) is 2. The first-order valence-electron chi connectivity index (χ1n) is 6.33. The van der Waals surface area contributed by atoms with Gasteiger partial charge in [0.2, 0.25) is 0 Å². The zero-order chi connectivity index (χ0) is 15.6. The highest BCUT2D eigenvalue weighted by Crippen LogP contribution is 2.26. The quantitative estimate of drug-likeness (QED) is 0.880. The van der Waals surface area contributed by atoms with E-state index in [1.165, 1.54) is 0 Å². The molecule has 0 radical (unpaired) electrons. The van der Waals surface area contributed by atoms with Crippen molar-refractivity contribution in [2.75, 3.05) is 18.0 Å². The number of pyridine rings is 1. The second kappa shape index (κ2) is 5.85. The fraction of sp³-hybridized carbons (Fsp3) is 0.286. The van der Waals surface area contributed by atoms with E-state index in [0.29, 0.717) is 11.1 Å². The molecule has 0 spiro atoms. The number of benzene rings is 1. The van der Waals surface area contributed by atoms with E-state index >= 15 is 0 Å². The zero-order valence-electron chi connectivity index (χ0n) is 11.3. The molecule has 2 aromatic rings. The average Bonchev–Trinajstić information content (AvgIpc) is 2.42. The summed E-state index contributed by atoms with van der Waals surface area (Å²) in [6.07, 6.45) is -4.32. The number of hydrogen-bond donors (Lipinski definition) is 1. The maximum absolute atomic E-state index is 12.7. The van der Waals surface area contributed by atoms with Crippen LogP contribution in [0.15, 0.2) is 30.3 Å². The third-order valence-corrected chi connectivity index (χ3v) is 3.24. The Kier molecular flexibility index (Phi) is 4.32. The lowest BCUT2D eigenvalue weighted by molar-refractivity contribution is -0.119. The molecule has 2 N–H and O–H groups in total. The highest BCUT2D eigenvalue weighted by atomic mass is 32.1. The molecule has 7 heteroatoms. The van der Waals surface area contributed by atoms with Crippen LogP contribution in [0.5, 0.6) is 0 Å². The van der Waals surface area contributed by atoms with Crippen molar-refractivity contribution in [1.82, 2.24) is 4.98 Å². The Morgan fingerprint density at radius 2 is 2.00 bits per heavy atom. The number of anilines is 1. The number of para-hydroxylation sites is 1. The summed E-state index contributed by atoms with van der Waals surface area (Å²) >= 11 is 4.95. The van der Waals surface area contributed by atoms with Crippen LogP contribution in [0.25, 0.3) is 10.9 Å². The van der Waals surface area contributed by atoms with Crippen molar-refractivity contribution in [3.8, 4) is 0 Å². The van der Waals surface area contributed by atoms with E-state index < -0.39 is 12.7 Å². The highest BCUT2D eigenvalue weighted by Gasteiger charge is 2.32. The molecule has 1 aromatic heterocycles. The molecule has 0 saturated carbocycles. The van der Waals surface area contributed by atoms with Gasteiger partial charge >= 0.3 is 6.18 Å². The van der Waals surface area contributed by atoms with Gasteiger partial charge in [0.05, 0.1) is 11.1 Å². The number of aromatic nitrogens is 1. The van der Waals surface area contributed by atoms with Crippen molar-refractivity contribution in [2.45, 2.75) is 13.1 Å². The molecule has 3 nitrogen and oxygen atoms in total. The summed E-state index contributed by atoms with van der Waals surface area (Å²) in [4.78, 5) is 5.47. The summed E-state index contributed by atoms with van der Waals surface area (Å²) in [6.45, 7) is 0.691. The number of thiocarbonyl (C=S) groups is 1. The highest BCUT2D eigenvalue weighted by molar-refractivity contribution is 7.80. The Bertz CT molecular complexity index is 670. The first-order chi connectivity index (χ1) is 9.81. The van der Waals surface area contributed by atoms with Gasteiger partial charge in [-0.2, -0.15) is 13.2 Å². The minimum Gasteiger partial charge on any atom is -0.389 e. The van der Waals surface area contributed by atoms with Crippen LogP contribution in [0.1, 0.15) is 12.5 Å². The number of rotatable bonds is 4. The molecule has 0 fully saturated rings. The van der Waals surface area contributed by atoms with E-state index in [1.807, 2.05) is 12.1 Å². The fourth-order valence-electron chi connectivity index (χ4n) is 2.08. The van der Waals surface area contributed by atoms with E-state index in [2.05, 4.69) is 4.98 Å². The van der Waals surface area contributed by atoms with Crippen LogP contribution in [0.3, 0.4) is 0 Å². The minimum atomic E-state index is -4.32. The lowest BCUT2D eigenvalue weighted by Crippen LogP contribution is -2.36. The Balaban J connectivity index is 2.58. The third kappa shape index (κ3) is 3.60. The van der Waals surface area contributed by atoms with Gasteiger partial charge in [-0.25, -0.2) is 4.98 Å². The van der Waals surface area contributed by atoms with Crippen molar-refractivity contribution < 1.29 is 13.2 Å². The monoisotopic (exact) mass is 313 g/mol. The number of fused-ring (bicyclic) bond motifs is 1. The van der Waals surface area contributed by atoms with Gasteiger partial charge in [0.25, 0.3) is 0 Å². The molecule has 112 valence electrons. The fourth-order valence-corrected chi connectivity index (χ4v) is 2.23. The normalized spacial score (nSPS) is 11.6. The van der Waals surface area contributed by atoms with Crippen LogP contribution in [-0.2, 0) is 0 Å². The summed E-state index contributed by atoms with van der Waals surface area (Å²) in [7, 11) is 0. The number of halogens is 3. The van der Waals surface area contributed by atoms with E-state index in [9.17, 15) is 13.2 Å². The van der Waals surface area contributed by atoms with E-state index in [4.69, 9.17) is 18.0 Å². The predicted octanol–water partition coefficient (Wildman–Crippen LogP) is 3.26. The molecule has 0 bridgehead atoms. The van der Waals surface area contributed by atoms with E-state index in [-0.39, 0.29) is 17.4 Å². The van der Waals surface area contributed by atoms with Crippen molar-refractivity contribution >= 4 is 33.9 Å². The molecule has 1 heterocycles. The molecule has 21 heavy (non-hydrogen) atoms. The Morgan fingerprint density at radius 1 is 1.33 bits per heavy atom. The van der Waals surface area contributed by atoms with Crippen LogP contribution >= 0.6 is 12.2 Å². The molecule has 0 aliphatic rings. The van der Waals surface area contributed by atoms with Gasteiger partial charge in [-0.05, 0) is 19.1 Å². The maximum Gasteiger partial charge on any atom is 0.405 e. The number of nitrogens with two attached hydrogens (primary N) is 1. The van der Waals surface area contributed by atoms with Crippen LogP contribution < -0.4 is 10.6 Å². The van der Waals surface area contributed by atoms with Gasteiger partial charge in [0.15, 0.2) is 0 Å². The Hall–Kier alpha value is -1.89. The molecule has 0 unspecified atom stereocenters. The molecule has 0 aliphatic carbocycles. The van der Waals surface area contributed by atoms with Gasteiger partial charge in [-0.15, -0.1) is 0 Å². The van der Waals surface area contributed by atoms with Gasteiger partial charge in [0.1, 0.15) is 17.4 Å². The standard InChI is InChI=1S/C14H14F3N3S/c1-2-20(8-14(15,16)17)13-10(12(18)21)7-9-5-3-4-6-11(9)19-13/h3-7H,2,8H2,1H3,(H2,18,21). The summed E-state index contributed by atoms with van der Waals surface area (Å²) in [5, 5.41) is 0.784. The Labute approximate surface area is 125 Å². The zero-order valence-corrected chi connectivity index (χ0v) is 12.1. The van der Waals surface area contributed by atoms with Gasteiger partial charge < -0.3 is 10.6 Å². The van der Waals surface area contributed by atoms with Gasteiger partial charge in [0, 0.05) is 11.9 Å². The van der Waals surface area contributed by atoms with Crippen molar-refractivity contribution in [1.29, 1.82) is 0 Å². The molecule has 2 rings (SSSR count). The first kappa shape index (κ1) is 15.5. The average molecular weight is 313 g/mol. The minimum absolute atomic E-state index is 0.0314.